The Balaban J connectivity index is 2.06. The number of halogens is 3. The van der Waals surface area contributed by atoms with E-state index in [1.165, 1.54) is 26.0 Å². The van der Waals surface area contributed by atoms with Gasteiger partial charge in [0.1, 0.15) is 18.5 Å². The van der Waals surface area contributed by atoms with E-state index >= 15 is 0 Å². The molecular weight excluding hydrogens is 309 g/mol. The van der Waals surface area contributed by atoms with Crippen molar-refractivity contribution in [3.8, 4) is 5.75 Å². The minimum Gasteiger partial charge on any atom is -0.491 e. The molecule has 0 aliphatic carbocycles. The molecule has 23 heavy (non-hydrogen) atoms. The maximum Gasteiger partial charge on any atom is 0.397 e. The zero-order valence-corrected chi connectivity index (χ0v) is 14.1. The molecule has 1 aromatic rings. The van der Waals surface area contributed by atoms with Crippen LogP contribution < -0.4 is 4.74 Å². The summed E-state index contributed by atoms with van der Waals surface area (Å²) in [6, 6.07) is 4.57. The van der Waals surface area contributed by atoms with Gasteiger partial charge in [0.05, 0.1) is 12.0 Å². The zero-order chi connectivity index (χ0) is 17.5. The van der Waals surface area contributed by atoms with Gasteiger partial charge in [-0.15, -0.1) is 0 Å². The second kappa shape index (κ2) is 5.98. The van der Waals surface area contributed by atoms with Crippen molar-refractivity contribution in [1.82, 2.24) is 0 Å². The third-order valence-corrected chi connectivity index (χ3v) is 4.10. The summed E-state index contributed by atoms with van der Waals surface area (Å²) < 4.78 is 56.1. The van der Waals surface area contributed by atoms with E-state index in [1.807, 2.05) is 13.8 Å². The lowest BCUT2D eigenvalue weighted by molar-refractivity contribution is -0.180. The molecule has 0 bridgehead atoms. The lowest BCUT2D eigenvalue weighted by atomic mass is 9.83. The predicted molar refractivity (Wildman–Crippen MR) is 80.7 cm³/mol. The molecule has 0 saturated carbocycles. The molecule has 0 unspecified atom stereocenters. The molecule has 0 amide bonds. The Kier molecular flexibility index (Phi) is 4.70. The Bertz CT molecular complexity index is 565. The Morgan fingerprint density at radius 2 is 1.91 bits per heavy atom. The van der Waals surface area contributed by atoms with E-state index in [1.54, 1.807) is 13.0 Å². The topological polar surface area (TPSA) is 27.7 Å². The molecule has 1 fully saturated rings. The van der Waals surface area contributed by atoms with E-state index in [4.69, 9.17) is 14.2 Å². The lowest BCUT2D eigenvalue weighted by Crippen LogP contribution is -2.36. The highest BCUT2D eigenvalue weighted by atomic mass is 19.4. The molecule has 1 aliphatic rings. The van der Waals surface area contributed by atoms with Gasteiger partial charge in [0.25, 0.3) is 0 Å². The van der Waals surface area contributed by atoms with Crippen LogP contribution in [0, 0.1) is 6.92 Å². The van der Waals surface area contributed by atoms with E-state index in [0.29, 0.717) is 24.5 Å². The predicted octanol–water partition coefficient (Wildman–Crippen LogP) is 4.37. The Morgan fingerprint density at radius 1 is 1.26 bits per heavy atom. The second-order valence-corrected chi connectivity index (χ2v) is 6.86. The highest BCUT2D eigenvalue weighted by Gasteiger charge is 2.48. The number of hydrogen-bond acceptors (Lipinski definition) is 3. The van der Waals surface area contributed by atoms with Gasteiger partial charge in [-0.1, -0.05) is 12.1 Å². The SMILES string of the molecule is Cc1cc(C(C)(C)C(F)(F)F)ccc1OC[C@@H]1COC(C)(C)O1. The first-order valence-electron chi connectivity index (χ1n) is 7.55. The zero-order valence-electron chi connectivity index (χ0n) is 14.1. The van der Waals surface area contributed by atoms with E-state index in [-0.39, 0.29) is 11.7 Å². The average Bonchev–Trinajstić information content (AvgIpc) is 2.75. The summed E-state index contributed by atoms with van der Waals surface area (Å²) in [6.07, 6.45) is -4.49. The first-order valence-corrected chi connectivity index (χ1v) is 7.55. The van der Waals surface area contributed by atoms with Crippen LogP contribution in [0.25, 0.3) is 0 Å². The van der Waals surface area contributed by atoms with E-state index in [2.05, 4.69) is 0 Å². The van der Waals surface area contributed by atoms with Gasteiger partial charge in [0, 0.05) is 0 Å². The van der Waals surface area contributed by atoms with Crippen molar-refractivity contribution in [2.24, 2.45) is 0 Å². The van der Waals surface area contributed by atoms with Crippen molar-refractivity contribution >= 4 is 0 Å². The molecule has 3 nitrogen and oxygen atoms in total. The quantitative estimate of drug-likeness (QED) is 0.820. The van der Waals surface area contributed by atoms with Crippen molar-refractivity contribution < 1.29 is 27.4 Å². The fourth-order valence-electron chi connectivity index (χ4n) is 2.39. The van der Waals surface area contributed by atoms with Crippen molar-refractivity contribution in [2.75, 3.05) is 13.2 Å². The summed E-state index contributed by atoms with van der Waals surface area (Å²) in [5, 5.41) is 0. The van der Waals surface area contributed by atoms with Crippen LogP contribution in [0.1, 0.15) is 38.8 Å². The highest BCUT2D eigenvalue weighted by molar-refractivity contribution is 5.39. The summed E-state index contributed by atoms with van der Waals surface area (Å²) in [5.74, 6) is -0.0658. The molecular formula is C17H23F3O3. The van der Waals surface area contributed by atoms with Gasteiger partial charge in [0.15, 0.2) is 5.79 Å². The first-order chi connectivity index (χ1) is 10.4. The van der Waals surface area contributed by atoms with Crippen molar-refractivity contribution in [3.05, 3.63) is 29.3 Å². The van der Waals surface area contributed by atoms with Gasteiger partial charge in [0.2, 0.25) is 0 Å². The third-order valence-electron chi connectivity index (χ3n) is 4.10. The number of rotatable bonds is 4. The highest BCUT2D eigenvalue weighted by Crippen LogP contribution is 2.41. The van der Waals surface area contributed by atoms with Gasteiger partial charge >= 0.3 is 6.18 Å². The molecule has 0 spiro atoms. The Hall–Kier alpha value is -1.27. The van der Waals surface area contributed by atoms with Crippen molar-refractivity contribution in [1.29, 1.82) is 0 Å². The summed E-state index contributed by atoms with van der Waals surface area (Å²) in [5.41, 5.74) is -1.02. The Morgan fingerprint density at radius 3 is 2.39 bits per heavy atom. The van der Waals surface area contributed by atoms with Gasteiger partial charge in [-0.05, 0) is 51.8 Å². The molecule has 0 radical (unpaired) electrons. The van der Waals surface area contributed by atoms with Crippen LogP contribution in [0.15, 0.2) is 18.2 Å². The number of aryl methyl sites for hydroxylation is 1. The molecule has 1 aliphatic heterocycles. The van der Waals surface area contributed by atoms with Gasteiger partial charge in [-0.2, -0.15) is 13.2 Å². The van der Waals surface area contributed by atoms with Crippen LogP contribution >= 0.6 is 0 Å². The summed E-state index contributed by atoms with van der Waals surface area (Å²) in [6.45, 7) is 8.47. The fraction of sp³-hybridized carbons (Fsp3) is 0.647. The first kappa shape index (κ1) is 18.1. The van der Waals surface area contributed by atoms with Crippen LogP contribution in [-0.4, -0.2) is 31.3 Å². The molecule has 1 atom stereocenters. The number of alkyl halides is 3. The molecule has 1 aromatic carbocycles. The third kappa shape index (κ3) is 3.98. The van der Waals surface area contributed by atoms with E-state index in [9.17, 15) is 13.2 Å². The van der Waals surface area contributed by atoms with Gasteiger partial charge in [-0.25, -0.2) is 0 Å². The van der Waals surface area contributed by atoms with Gasteiger partial charge < -0.3 is 14.2 Å². The number of ether oxygens (including phenoxy) is 3. The van der Waals surface area contributed by atoms with Crippen LogP contribution in [0.5, 0.6) is 5.75 Å². The minimum atomic E-state index is -4.30. The monoisotopic (exact) mass is 332 g/mol. The standard InChI is InChI=1S/C17H23F3O3/c1-11-8-12(15(2,3)17(18,19)20)6-7-14(11)21-9-13-10-22-16(4,5)23-13/h6-8,13H,9-10H2,1-5H3/t13-/m1/s1. The maximum atomic E-state index is 13.1. The average molecular weight is 332 g/mol. The smallest absolute Gasteiger partial charge is 0.397 e. The summed E-state index contributed by atoms with van der Waals surface area (Å²) in [4.78, 5) is 0. The molecule has 0 aromatic heterocycles. The van der Waals surface area contributed by atoms with Gasteiger partial charge in [-0.3, -0.25) is 0 Å². The summed E-state index contributed by atoms with van der Waals surface area (Å²) >= 11 is 0. The molecule has 1 saturated heterocycles. The fourth-order valence-corrected chi connectivity index (χ4v) is 2.39. The van der Waals surface area contributed by atoms with Crippen molar-refractivity contribution in [2.45, 2.75) is 58.1 Å². The Labute approximate surface area is 134 Å². The van der Waals surface area contributed by atoms with E-state index < -0.39 is 17.4 Å². The lowest BCUT2D eigenvalue weighted by Gasteiger charge is -2.29. The number of hydrogen-bond donors (Lipinski definition) is 0. The van der Waals surface area contributed by atoms with Crippen LogP contribution in [-0.2, 0) is 14.9 Å². The van der Waals surface area contributed by atoms with Crippen LogP contribution in [0.3, 0.4) is 0 Å². The molecule has 0 N–H and O–H groups in total. The summed E-state index contributed by atoms with van der Waals surface area (Å²) in [7, 11) is 0. The van der Waals surface area contributed by atoms with Crippen molar-refractivity contribution in [3.63, 3.8) is 0 Å². The molecule has 2 rings (SSSR count). The number of benzene rings is 1. The largest absolute Gasteiger partial charge is 0.491 e. The maximum absolute atomic E-state index is 13.1. The van der Waals surface area contributed by atoms with Crippen LogP contribution in [0.2, 0.25) is 0 Å². The van der Waals surface area contributed by atoms with Crippen LogP contribution in [0.4, 0.5) is 13.2 Å². The molecule has 130 valence electrons. The molecule has 6 heteroatoms. The minimum absolute atomic E-state index is 0.185. The second-order valence-electron chi connectivity index (χ2n) is 6.86. The normalized spacial score (nSPS) is 21.5. The van der Waals surface area contributed by atoms with E-state index in [0.717, 1.165) is 0 Å². The molecule has 1 heterocycles.